The zero-order chi connectivity index (χ0) is 16.7. The summed E-state index contributed by atoms with van der Waals surface area (Å²) in [5.41, 5.74) is 7.99. The predicted molar refractivity (Wildman–Crippen MR) is 91.1 cm³/mol. The molecular weight excluding hydrogens is 288 g/mol. The molecule has 1 aliphatic carbocycles. The Morgan fingerprint density at radius 2 is 2.13 bits per heavy atom. The molecule has 1 amide bonds. The first-order valence-corrected chi connectivity index (χ1v) is 8.62. The number of benzene rings is 1. The fourth-order valence-corrected chi connectivity index (χ4v) is 4.38. The number of hydrogen-bond acceptors (Lipinski definition) is 3. The van der Waals surface area contributed by atoms with Crippen LogP contribution in [0.2, 0.25) is 0 Å². The van der Waals surface area contributed by atoms with E-state index >= 15 is 0 Å². The first kappa shape index (κ1) is 16.5. The van der Waals surface area contributed by atoms with Gasteiger partial charge in [0.15, 0.2) is 0 Å². The summed E-state index contributed by atoms with van der Waals surface area (Å²) in [7, 11) is 0. The van der Waals surface area contributed by atoms with Crippen LogP contribution in [-0.4, -0.2) is 30.7 Å². The van der Waals surface area contributed by atoms with Crippen LogP contribution in [0.3, 0.4) is 0 Å². The van der Waals surface area contributed by atoms with Crippen molar-refractivity contribution >= 4 is 5.91 Å². The lowest BCUT2D eigenvalue weighted by Crippen LogP contribution is -2.82. The number of fused-ring (bicyclic) bond motifs is 1. The van der Waals surface area contributed by atoms with Gasteiger partial charge in [-0.1, -0.05) is 38.1 Å². The van der Waals surface area contributed by atoms with Gasteiger partial charge >= 0.3 is 0 Å². The van der Waals surface area contributed by atoms with Gasteiger partial charge in [-0.2, -0.15) is 0 Å². The molecule has 1 aromatic carbocycles. The van der Waals surface area contributed by atoms with Gasteiger partial charge in [-0.3, -0.25) is 4.79 Å². The SMILES string of the molecule is Cc1ccccc1CCNC(=O)C1(N)C2CCCOC2C1(C)C. The van der Waals surface area contributed by atoms with Crippen LogP contribution >= 0.6 is 0 Å². The Balaban J connectivity index is 1.62. The maximum Gasteiger partial charge on any atom is 0.241 e. The maximum atomic E-state index is 12.8. The van der Waals surface area contributed by atoms with Gasteiger partial charge in [0.25, 0.3) is 0 Å². The number of aryl methyl sites for hydroxylation is 1. The van der Waals surface area contributed by atoms with E-state index in [2.05, 4.69) is 38.2 Å². The molecule has 2 aliphatic rings. The third-order valence-electron chi connectivity index (χ3n) is 6.00. The number of rotatable bonds is 4. The molecule has 3 N–H and O–H groups in total. The van der Waals surface area contributed by atoms with Crippen molar-refractivity contribution in [1.29, 1.82) is 0 Å². The molecule has 0 bridgehead atoms. The molecule has 23 heavy (non-hydrogen) atoms. The molecule has 0 aromatic heterocycles. The van der Waals surface area contributed by atoms with Crippen molar-refractivity contribution in [2.45, 2.75) is 51.7 Å². The molecule has 3 rings (SSSR count). The van der Waals surface area contributed by atoms with E-state index in [4.69, 9.17) is 10.5 Å². The molecule has 0 radical (unpaired) electrons. The summed E-state index contributed by atoms with van der Waals surface area (Å²) in [6, 6.07) is 8.28. The summed E-state index contributed by atoms with van der Waals surface area (Å²) >= 11 is 0. The molecule has 1 saturated heterocycles. The van der Waals surface area contributed by atoms with E-state index < -0.39 is 5.54 Å². The minimum Gasteiger partial charge on any atom is -0.377 e. The van der Waals surface area contributed by atoms with Crippen LogP contribution in [0.15, 0.2) is 24.3 Å². The minimum absolute atomic E-state index is 0.0252. The number of carbonyl (C=O) groups excluding carboxylic acids is 1. The van der Waals surface area contributed by atoms with E-state index in [0.29, 0.717) is 6.54 Å². The van der Waals surface area contributed by atoms with Crippen molar-refractivity contribution in [2.24, 2.45) is 17.1 Å². The van der Waals surface area contributed by atoms with Gasteiger partial charge in [0.2, 0.25) is 5.91 Å². The molecule has 2 fully saturated rings. The van der Waals surface area contributed by atoms with Crippen LogP contribution in [0.25, 0.3) is 0 Å². The third-order valence-corrected chi connectivity index (χ3v) is 6.00. The lowest BCUT2D eigenvalue weighted by atomic mass is 9.46. The van der Waals surface area contributed by atoms with Gasteiger partial charge in [-0.25, -0.2) is 0 Å². The van der Waals surface area contributed by atoms with Gasteiger partial charge in [0, 0.05) is 24.5 Å². The van der Waals surface area contributed by atoms with Gasteiger partial charge in [0.05, 0.1) is 6.10 Å². The largest absolute Gasteiger partial charge is 0.377 e. The summed E-state index contributed by atoms with van der Waals surface area (Å²) in [6.45, 7) is 7.62. The summed E-state index contributed by atoms with van der Waals surface area (Å²) in [5.74, 6) is 0.118. The zero-order valence-electron chi connectivity index (χ0n) is 14.4. The Hall–Kier alpha value is -1.39. The Morgan fingerprint density at radius 3 is 2.87 bits per heavy atom. The third kappa shape index (κ3) is 2.48. The fraction of sp³-hybridized carbons (Fsp3) is 0.632. The molecule has 4 heteroatoms. The first-order chi connectivity index (χ1) is 10.9. The fourth-order valence-electron chi connectivity index (χ4n) is 4.38. The Bertz CT molecular complexity index is 599. The van der Waals surface area contributed by atoms with Gasteiger partial charge in [-0.05, 0) is 37.3 Å². The Kier molecular flexibility index (Phi) is 4.23. The average molecular weight is 316 g/mol. The van der Waals surface area contributed by atoms with Crippen molar-refractivity contribution in [1.82, 2.24) is 5.32 Å². The monoisotopic (exact) mass is 316 g/mol. The van der Waals surface area contributed by atoms with Crippen LogP contribution in [0.1, 0.15) is 37.8 Å². The number of nitrogens with two attached hydrogens (primary N) is 1. The standard InChI is InChI=1S/C19H28N2O2/c1-13-7-4-5-8-14(13)10-11-21-17(22)19(20)15-9-6-12-23-16(15)18(19,2)3/h4-5,7-8,15-16H,6,9-12,20H2,1-3H3,(H,21,22). The summed E-state index contributed by atoms with van der Waals surface area (Å²) in [6.07, 6.45) is 2.92. The first-order valence-electron chi connectivity index (χ1n) is 8.62. The molecular formula is C19H28N2O2. The van der Waals surface area contributed by atoms with E-state index in [1.165, 1.54) is 11.1 Å². The van der Waals surface area contributed by atoms with Crippen LogP contribution < -0.4 is 11.1 Å². The lowest BCUT2D eigenvalue weighted by Gasteiger charge is -2.65. The van der Waals surface area contributed by atoms with Crippen molar-refractivity contribution in [3.05, 3.63) is 35.4 Å². The summed E-state index contributed by atoms with van der Waals surface area (Å²) in [5, 5.41) is 3.07. The summed E-state index contributed by atoms with van der Waals surface area (Å²) < 4.78 is 5.87. The van der Waals surface area contributed by atoms with Gasteiger partial charge in [0.1, 0.15) is 5.54 Å². The Morgan fingerprint density at radius 1 is 1.39 bits per heavy atom. The van der Waals surface area contributed by atoms with Crippen molar-refractivity contribution in [3.8, 4) is 0 Å². The quantitative estimate of drug-likeness (QED) is 0.895. The summed E-state index contributed by atoms with van der Waals surface area (Å²) in [4.78, 5) is 12.8. The van der Waals surface area contributed by atoms with Crippen LogP contribution in [0, 0.1) is 18.3 Å². The van der Waals surface area contributed by atoms with Crippen molar-refractivity contribution in [2.75, 3.05) is 13.2 Å². The molecule has 1 saturated carbocycles. The number of hydrogen-bond donors (Lipinski definition) is 2. The second-order valence-electron chi connectivity index (χ2n) is 7.56. The molecule has 1 aliphatic heterocycles. The topological polar surface area (TPSA) is 64.4 Å². The highest BCUT2D eigenvalue weighted by atomic mass is 16.5. The molecule has 0 spiro atoms. The predicted octanol–water partition coefficient (Wildman–Crippen LogP) is 2.19. The second kappa shape index (κ2) is 5.91. The molecule has 1 heterocycles. The van der Waals surface area contributed by atoms with E-state index in [1.807, 2.05) is 12.1 Å². The van der Waals surface area contributed by atoms with E-state index in [-0.39, 0.29) is 23.3 Å². The van der Waals surface area contributed by atoms with Gasteiger partial charge < -0.3 is 15.8 Å². The van der Waals surface area contributed by atoms with Crippen molar-refractivity contribution < 1.29 is 9.53 Å². The maximum absolute atomic E-state index is 12.8. The van der Waals surface area contributed by atoms with E-state index in [1.54, 1.807) is 0 Å². The number of nitrogens with one attached hydrogen (secondary N) is 1. The smallest absolute Gasteiger partial charge is 0.241 e. The normalized spacial score (nSPS) is 31.8. The van der Waals surface area contributed by atoms with E-state index in [9.17, 15) is 4.79 Å². The van der Waals surface area contributed by atoms with Crippen molar-refractivity contribution in [3.63, 3.8) is 0 Å². The minimum atomic E-state index is -0.816. The highest BCUT2D eigenvalue weighted by Crippen LogP contribution is 2.57. The number of amides is 1. The number of ether oxygens (including phenoxy) is 1. The molecule has 1 aromatic rings. The van der Waals surface area contributed by atoms with Crippen LogP contribution in [-0.2, 0) is 16.0 Å². The molecule has 4 nitrogen and oxygen atoms in total. The molecule has 3 unspecified atom stereocenters. The van der Waals surface area contributed by atoms with Gasteiger partial charge in [-0.15, -0.1) is 0 Å². The highest BCUT2D eigenvalue weighted by Gasteiger charge is 2.70. The average Bonchev–Trinajstić information content (AvgIpc) is 2.55. The Labute approximate surface area is 138 Å². The second-order valence-corrected chi connectivity index (χ2v) is 7.56. The molecule has 3 atom stereocenters. The van der Waals surface area contributed by atoms with Crippen LogP contribution in [0.5, 0.6) is 0 Å². The number of carbonyl (C=O) groups is 1. The zero-order valence-corrected chi connectivity index (χ0v) is 14.4. The van der Waals surface area contributed by atoms with Crippen LogP contribution in [0.4, 0.5) is 0 Å². The lowest BCUT2D eigenvalue weighted by molar-refractivity contribution is -0.225. The highest BCUT2D eigenvalue weighted by molar-refractivity contribution is 5.89. The molecule has 126 valence electrons. The van der Waals surface area contributed by atoms with E-state index in [0.717, 1.165) is 25.9 Å².